The summed E-state index contributed by atoms with van der Waals surface area (Å²) < 4.78 is 26.1. The van der Waals surface area contributed by atoms with Crippen molar-refractivity contribution in [3.63, 3.8) is 0 Å². The Morgan fingerprint density at radius 1 is 1.38 bits per heavy atom. The van der Waals surface area contributed by atoms with Crippen molar-refractivity contribution >= 4 is 28.2 Å². The molecule has 0 aliphatic rings. The van der Waals surface area contributed by atoms with E-state index in [0.717, 1.165) is 10.6 Å². The predicted molar refractivity (Wildman–Crippen MR) is 99.5 cm³/mol. The summed E-state index contributed by atoms with van der Waals surface area (Å²) in [5, 5.41) is 0.527. The first-order valence-electron chi connectivity index (χ1n) is 8.23. The van der Waals surface area contributed by atoms with Crippen LogP contribution < -0.4 is 10.5 Å². The zero-order valence-electron chi connectivity index (χ0n) is 15.2. The summed E-state index contributed by atoms with van der Waals surface area (Å²) in [6.45, 7) is 6.88. The second-order valence-electron chi connectivity index (χ2n) is 6.86. The Morgan fingerprint density at radius 2 is 2.12 bits per heavy atom. The van der Waals surface area contributed by atoms with Crippen LogP contribution in [0.2, 0.25) is 0 Å². The number of nitrogens with two attached hydrogens (primary N) is 1. The molecule has 2 aromatic heterocycles. The van der Waals surface area contributed by atoms with E-state index < -0.39 is 11.6 Å². The number of rotatable bonds is 6. The number of thiazole rings is 1. The second-order valence-corrected chi connectivity index (χ2v) is 7.80. The van der Waals surface area contributed by atoms with E-state index in [9.17, 15) is 9.18 Å². The average Bonchev–Trinajstić information content (AvgIpc) is 3.07. The van der Waals surface area contributed by atoms with Gasteiger partial charge < -0.3 is 14.9 Å². The van der Waals surface area contributed by atoms with Gasteiger partial charge in [0.25, 0.3) is 5.91 Å². The number of aromatic nitrogens is 1. The van der Waals surface area contributed by atoms with Crippen molar-refractivity contribution in [1.82, 2.24) is 4.98 Å². The molecule has 0 spiro atoms. The number of hydrogen-bond donors (Lipinski definition) is 1. The van der Waals surface area contributed by atoms with Gasteiger partial charge in [-0.25, -0.2) is 9.37 Å². The first kappa shape index (κ1) is 18.4. The number of aryl methyl sites for hydroxylation is 2. The number of fused-ring (bicyclic) bond motifs is 1. The molecule has 0 atom stereocenters. The Kier molecular flexibility index (Phi) is 4.75. The maximum atomic E-state index is 14.5. The highest BCUT2D eigenvalue weighted by molar-refractivity contribution is 7.09. The number of primary amides is 1. The molecule has 0 aliphatic heterocycles. The van der Waals surface area contributed by atoms with Gasteiger partial charge in [0, 0.05) is 17.4 Å². The van der Waals surface area contributed by atoms with E-state index in [-0.39, 0.29) is 12.0 Å². The number of carbonyl (C=O) groups is 1. The van der Waals surface area contributed by atoms with Gasteiger partial charge in [-0.05, 0) is 39.8 Å². The fourth-order valence-corrected chi connectivity index (χ4v) is 3.68. The first-order valence-corrected chi connectivity index (χ1v) is 9.11. The van der Waals surface area contributed by atoms with E-state index in [4.69, 9.17) is 14.9 Å². The third-order valence-corrected chi connectivity index (χ3v) is 5.05. The van der Waals surface area contributed by atoms with Crippen molar-refractivity contribution in [2.75, 3.05) is 0 Å². The Hall–Kier alpha value is -2.41. The van der Waals surface area contributed by atoms with Crippen LogP contribution in [0, 0.1) is 13.8 Å². The van der Waals surface area contributed by atoms with E-state index in [0.29, 0.717) is 34.6 Å². The molecule has 2 N–H and O–H groups in total. The fraction of sp³-hybridized carbons (Fsp3) is 0.368. The molecule has 2 heterocycles. The maximum Gasteiger partial charge on any atom is 0.252 e. The van der Waals surface area contributed by atoms with Gasteiger partial charge >= 0.3 is 0 Å². The number of carbonyl (C=O) groups excluding carboxylic acids is 1. The molecule has 0 bridgehead atoms. The molecule has 0 saturated carbocycles. The summed E-state index contributed by atoms with van der Waals surface area (Å²) >= 11 is 1.50. The van der Waals surface area contributed by atoms with Gasteiger partial charge in [-0.2, -0.15) is 0 Å². The Morgan fingerprint density at radius 3 is 2.69 bits per heavy atom. The van der Waals surface area contributed by atoms with Gasteiger partial charge in [-0.1, -0.05) is 0 Å². The molecule has 7 heteroatoms. The van der Waals surface area contributed by atoms with Crippen molar-refractivity contribution in [3.8, 4) is 5.75 Å². The van der Waals surface area contributed by atoms with Gasteiger partial charge in [0.1, 0.15) is 29.4 Å². The van der Waals surface area contributed by atoms with E-state index in [2.05, 4.69) is 4.98 Å². The lowest BCUT2D eigenvalue weighted by molar-refractivity contribution is 0.1000. The molecule has 0 unspecified atom stereocenters. The van der Waals surface area contributed by atoms with Gasteiger partial charge in [0.15, 0.2) is 0 Å². The molecule has 0 saturated heterocycles. The number of ether oxygens (including phenoxy) is 1. The van der Waals surface area contributed by atoms with Gasteiger partial charge in [-0.3, -0.25) is 4.79 Å². The monoisotopic (exact) mass is 376 g/mol. The van der Waals surface area contributed by atoms with Crippen molar-refractivity contribution < 1.29 is 18.3 Å². The fourth-order valence-electron chi connectivity index (χ4n) is 2.99. The molecule has 3 aromatic rings. The summed E-state index contributed by atoms with van der Waals surface area (Å²) in [6.07, 6.45) is 0.0700. The van der Waals surface area contributed by atoms with Crippen LogP contribution in [0.5, 0.6) is 5.75 Å². The van der Waals surface area contributed by atoms with E-state index in [1.807, 2.05) is 6.92 Å². The maximum absolute atomic E-state index is 14.5. The quantitative estimate of drug-likeness (QED) is 0.688. The number of hydrogen-bond acceptors (Lipinski definition) is 5. The number of benzene rings is 1. The van der Waals surface area contributed by atoms with E-state index >= 15 is 0 Å². The largest absolute Gasteiger partial charge is 0.488 e. The zero-order valence-corrected chi connectivity index (χ0v) is 16.0. The molecule has 0 fully saturated rings. The number of amides is 1. The normalized spacial score (nSPS) is 11.9. The Labute approximate surface area is 155 Å². The molecule has 0 radical (unpaired) electrons. The summed E-state index contributed by atoms with van der Waals surface area (Å²) in [7, 11) is 0. The smallest absolute Gasteiger partial charge is 0.252 e. The average molecular weight is 376 g/mol. The third kappa shape index (κ3) is 3.58. The van der Waals surface area contributed by atoms with Crippen LogP contribution in [-0.2, 0) is 13.0 Å². The van der Waals surface area contributed by atoms with Crippen LogP contribution in [0.15, 0.2) is 22.1 Å². The molecular formula is C19H21FN2O3S. The van der Waals surface area contributed by atoms with Crippen LogP contribution in [0.3, 0.4) is 0 Å². The van der Waals surface area contributed by atoms with Crippen LogP contribution in [0.1, 0.15) is 46.1 Å². The second kappa shape index (κ2) is 6.72. The molecule has 5 nitrogen and oxygen atoms in total. The van der Waals surface area contributed by atoms with Gasteiger partial charge in [0.05, 0.1) is 21.6 Å². The number of furan rings is 1. The Bertz CT molecular complexity index is 969. The third-order valence-electron chi connectivity index (χ3n) is 4.14. The van der Waals surface area contributed by atoms with Crippen LogP contribution in [-0.4, -0.2) is 16.6 Å². The molecule has 1 aromatic carbocycles. The SMILES string of the molecule is Cc1ncsc1COc1ccc2oc(C)c(C(N)=O)c2c1CC(C)(C)F. The summed E-state index contributed by atoms with van der Waals surface area (Å²) in [5.41, 5.74) is 8.07. The lowest BCUT2D eigenvalue weighted by Gasteiger charge is -2.18. The molecule has 26 heavy (non-hydrogen) atoms. The van der Waals surface area contributed by atoms with Crippen LogP contribution in [0.4, 0.5) is 4.39 Å². The highest BCUT2D eigenvalue weighted by Gasteiger charge is 2.26. The number of halogens is 1. The van der Waals surface area contributed by atoms with E-state index in [1.54, 1.807) is 24.6 Å². The highest BCUT2D eigenvalue weighted by Crippen LogP contribution is 2.37. The minimum absolute atomic E-state index is 0.0700. The minimum atomic E-state index is -1.49. The highest BCUT2D eigenvalue weighted by atomic mass is 32.1. The van der Waals surface area contributed by atoms with Gasteiger partial charge in [-0.15, -0.1) is 11.3 Å². The molecule has 138 valence electrons. The number of alkyl halides is 1. The van der Waals surface area contributed by atoms with Crippen molar-refractivity contribution in [2.45, 2.75) is 46.4 Å². The van der Waals surface area contributed by atoms with Crippen molar-refractivity contribution in [2.24, 2.45) is 5.73 Å². The summed E-state index contributed by atoms with van der Waals surface area (Å²) in [6, 6.07) is 3.46. The molecular weight excluding hydrogens is 355 g/mol. The van der Waals surface area contributed by atoms with Crippen LogP contribution in [0.25, 0.3) is 11.0 Å². The lowest BCUT2D eigenvalue weighted by Crippen LogP contribution is -2.18. The van der Waals surface area contributed by atoms with Crippen LogP contribution >= 0.6 is 11.3 Å². The topological polar surface area (TPSA) is 78.3 Å². The molecule has 1 amide bonds. The predicted octanol–water partition coefficient (Wildman–Crippen LogP) is 4.47. The zero-order chi connectivity index (χ0) is 19.1. The number of nitrogens with zero attached hydrogens (tertiary/aromatic N) is 1. The van der Waals surface area contributed by atoms with Crippen molar-refractivity contribution in [3.05, 3.63) is 45.1 Å². The molecule has 3 rings (SSSR count). The Balaban J connectivity index is 2.12. The van der Waals surface area contributed by atoms with E-state index in [1.165, 1.54) is 25.2 Å². The van der Waals surface area contributed by atoms with Gasteiger partial charge in [0.2, 0.25) is 0 Å². The summed E-state index contributed by atoms with van der Waals surface area (Å²) in [4.78, 5) is 17.1. The summed E-state index contributed by atoms with van der Waals surface area (Å²) in [5.74, 6) is 0.329. The standard InChI is InChI=1S/C19H21FN2O3S/c1-10-15(26-9-22-10)8-24-13-5-6-14-17(12(13)7-19(3,4)20)16(18(21)23)11(2)25-14/h5-6,9H,7-8H2,1-4H3,(H2,21,23). The molecule has 0 aliphatic carbocycles. The van der Waals surface area contributed by atoms with Crippen molar-refractivity contribution in [1.29, 1.82) is 0 Å². The minimum Gasteiger partial charge on any atom is -0.488 e. The first-order chi connectivity index (χ1) is 12.2. The lowest BCUT2D eigenvalue weighted by atomic mass is 9.94.